The summed E-state index contributed by atoms with van der Waals surface area (Å²) in [5, 5.41) is 6.92. The van der Waals surface area contributed by atoms with E-state index in [0.29, 0.717) is 17.3 Å². The Balaban J connectivity index is 1.42. The maximum Gasteiger partial charge on any atom is 0.264 e. The van der Waals surface area contributed by atoms with Gasteiger partial charge in [0, 0.05) is 13.0 Å². The fourth-order valence-corrected chi connectivity index (χ4v) is 3.62. The minimum atomic E-state index is -0.576. The van der Waals surface area contributed by atoms with E-state index in [0.717, 1.165) is 28.3 Å². The molecular weight excluding hydrogens is 372 g/mol. The van der Waals surface area contributed by atoms with Crippen molar-refractivity contribution in [2.75, 3.05) is 6.54 Å². The number of carbonyl (C=O) groups excluding carboxylic acids is 1. The highest BCUT2D eigenvalue weighted by Crippen LogP contribution is 2.26. The molecule has 0 fully saturated rings. The van der Waals surface area contributed by atoms with Crippen LogP contribution in [-0.2, 0) is 16.1 Å². The largest absolute Gasteiger partial charge is 0.491 e. The lowest BCUT2D eigenvalue weighted by Crippen LogP contribution is -2.35. The molecule has 2 aromatic rings. The van der Waals surface area contributed by atoms with Crippen molar-refractivity contribution in [2.24, 2.45) is 5.16 Å². The molecule has 138 valence electrons. The first-order valence-electron chi connectivity index (χ1n) is 8.53. The van der Waals surface area contributed by atoms with Gasteiger partial charge in [-0.1, -0.05) is 28.9 Å². The number of thiophene rings is 1. The molecule has 1 aromatic carbocycles. The first kappa shape index (κ1) is 18.7. The number of benzene rings is 1. The molecule has 2 heterocycles. The van der Waals surface area contributed by atoms with Gasteiger partial charge in [-0.3, -0.25) is 4.79 Å². The van der Waals surface area contributed by atoms with Gasteiger partial charge in [0.25, 0.3) is 5.91 Å². The van der Waals surface area contributed by atoms with Crippen molar-refractivity contribution in [1.29, 1.82) is 0 Å². The predicted octanol–water partition coefficient (Wildman–Crippen LogP) is 4.04. The molecule has 1 aromatic heterocycles. The summed E-state index contributed by atoms with van der Waals surface area (Å²) < 4.78 is 6.32. The molecule has 7 heteroatoms. The number of rotatable bonds is 7. The number of hydrogen-bond donors (Lipinski definition) is 1. The van der Waals surface area contributed by atoms with Crippen molar-refractivity contribution < 1.29 is 14.4 Å². The van der Waals surface area contributed by atoms with E-state index in [-0.39, 0.29) is 12.0 Å². The molecule has 0 saturated carbocycles. The van der Waals surface area contributed by atoms with Crippen molar-refractivity contribution >= 4 is 34.6 Å². The molecule has 0 spiro atoms. The Bertz CT molecular complexity index is 786. The van der Waals surface area contributed by atoms with Crippen LogP contribution in [0.15, 0.2) is 41.6 Å². The zero-order chi connectivity index (χ0) is 18.5. The molecular formula is C19H21ClN2O3S. The fourth-order valence-electron chi connectivity index (χ4n) is 2.58. The summed E-state index contributed by atoms with van der Waals surface area (Å²) in [6, 6.07) is 11.6. The van der Waals surface area contributed by atoms with E-state index in [2.05, 4.69) is 10.5 Å². The Kier molecular flexibility index (Phi) is 6.16. The van der Waals surface area contributed by atoms with Crippen LogP contribution in [0.4, 0.5) is 0 Å². The third-order valence-corrected chi connectivity index (χ3v) is 5.11. The first-order valence-corrected chi connectivity index (χ1v) is 9.72. The second-order valence-electron chi connectivity index (χ2n) is 6.29. The molecule has 0 aliphatic carbocycles. The van der Waals surface area contributed by atoms with Crippen molar-refractivity contribution in [3.05, 3.63) is 51.2 Å². The average molecular weight is 393 g/mol. The number of hydrogen-bond acceptors (Lipinski definition) is 5. The van der Waals surface area contributed by atoms with Gasteiger partial charge in [0.15, 0.2) is 0 Å². The number of nitrogens with one attached hydrogen (secondary N) is 1. The summed E-state index contributed by atoms with van der Waals surface area (Å²) in [6.45, 7) is 4.54. The number of amides is 1. The van der Waals surface area contributed by atoms with Crippen molar-refractivity contribution in [3.63, 3.8) is 0 Å². The molecule has 1 amide bonds. The Morgan fingerprint density at radius 1 is 1.35 bits per heavy atom. The van der Waals surface area contributed by atoms with Gasteiger partial charge < -0.3 is 14.9 Å². The number of nitrogens with zero attached hydrogens (tertiary/aromatic N) is 1. The molecule has 1 aliphatic rings. The molecule has 26 heavy (non-hydrogen) atoms. The van der Waals surface area contributed by atoms with Crippen LogP contribution in [0.1, 0.15) is 30.7 Å². The molecule has 0 saturated heterocycles. The van der Waals surface area contributed by atoms with Crippen LogP contribution in [0, 0.1) is 0 Å². The van der Waals surface area contributed by atoms with Crippen LogP contribution in [0.5, 0.6) is 5.75 Å². The minimum Gasteiger partial charge on any atom is -0.491 e. The van der Waals surface area contributed by atoms with E-state index < -0.39 is 6.10 Å². The lowest BCUT2D eigenvalue weighted by Gasteiger charge is -2.11. The third kappa shape index (κ3) is 4.99. The highest BCUT2D eigenvalue weighted by Gasteiger charge is 2.29. The van der Waals surface area contributed by atoms with Gasteiger partial charge >= 0.3 is 0 Å². The molecule has 1 atom stereocenters. The van der Waals surface area contributed by atoms with Gasteiger partial charge in [0.1, 0.15) is 11.5 Å². The Labute approximate surface area is 161 Å². The summed E-state index contributed by atoms with van der Waals surface area (Å²) in [5.74, 6) is 0.705. The zero-order valence-electron chi connectivity index (χ0n) is 14.7. The van der Waals surface area contributed by atoms with E-state index in [1.807, 2.05) is 50.2 Å². The maximum atomic E-state index is 12.2. The summed E-state index contributed by atoms with van der Waals surface area (Å²) in [4.78, 5) is 18.4. The minimum absolute atomic E-state index is 0.147. The Morgan fingerprint density at radius 2 is 2.12 bits per heavy atom. The SMILES string of the molecule is CC(C)Oc1ccc(CCNC(=O)C2CC(c3ccc(Cl)s3)=NO2)cc1. The molecule has 1 aliphatic heterocycles. The first-order chi connectivity index (χ1) is 12.5. The number of carbonyl (C=O) groups is 1. The summed E-state index contributed by atoms with van der Waals surface area (Å²) >= 11 is 7.37. The Hall–Kier alpha value is -2.05. The van der Waals surface area contributed by atoms with E-state index in [1.54, 1.807) is 0 Å². The molecule has 5 nitrogen and oxygen atoms in total. The van der Waals surface area contributed by atoms with Crippen LogP contribution >= 0.6 is 22.9 Å². The summed E-state index contributed by atoms with van der Waals surface area (Å²) in [7, 11) is 0. The molecule has 1 unspecified atom stereocenters. The normalized spacial score (nSPS) is 16.3. The Morgan fingerprint density at radius 3 is 2.77 bits per heavy atom. The van der Waals surface area contributed by atoms with E-state index in [1.165, 1.54) is 11.3 Å². The smallest absolute Gasteiger partial charge is 0.264 e. The lowest BCUT2D eigenvalue weighted by atomic mass is 10.1. The van der Waals surface area contributed by atoms with Crippen LogP contribution in [-0.4, -0.2) is 30.4 Å². The maximum absolute atomic E-state index is 12.2. The number of oxime groups is 1. The summed E-state index contributed by atoms with van der Waals surface area (Å²) in [5.41, 5.74) is 1.90. The van der Waals surface area contributed by atoms with Gasteiger partial charge in [-0.25, -0.2) is 0 Å². The highest BCUT2D eigenvalue weighted by atomic mass is 35.5. The van der Waals surface area contributed by atoms with Crippen LogP contribution < -0.4 is 10.1 Å². The van der Waals surface area contributed by atoms with Crippen molar-refractivity contribution in [2.45, 2.75) is 38.9 Å². The van der Waals surface area contributed by atoms with Crippen LogP contribution in [0.25, 0.3) is 0 Å². The lowest BCUT2D eigenvalue weighted by molar-refractivity contribution is -0.131. The second-order valence-corrected chi connectivity index (χ2v) is 8.01. The standard InChI is InChI=1S/C19H21ClN2O3S/c1-12(2)24-14-5-3-13(4-6-14)9-10-21-19(23)16-11-15(22-25-16)17-7-8-18(20)26-17/h3-8,12,16H,9-11H2,1-2H3,(H,21,23). The number of halogens is 1. The molecule has 0 bridgehead atoms. The van der Waals surface area contributed by atoms with E-state index in [4.69, 9.17) is 21.2 Å². The number of ether oxygens (including phenoxy) is 1. The summed E-state index contributed by atoms with van der Waals surface area (Å²) in [6.07, 6.45) is 0.787. The molecule has 1 N–H and O–H groups in total. The van der Waals surface area contributed by atoms with Gasteiger partial charge in [-0.2, -0.15) is 0 Å². The van der Waals surface area contributed by atoms with Crippen LogP contribution in [0.2, 0.25) is 4.34 Å². The average Bonchev–Trinajstić information content (AvgIpc) is 3.25. The predicted molar refractivity (Wildman–Crippen MR) is 104 cm³/mol. The monoisotopic (exact) mass is 392 g/mol. The van der Waals surface area contributed by atoms with Crippen LogP contribution in [0.3, 0.4) is 0 Å². The van der Waals surface area contributed by atoms with Gasteiger partial charge in [-0.15, -0.1) is 11.3 Å². The van der Waals surface area contributed by atoms with Gasteiger partial charge in [0.05, 0.1) is 15.3 Å². The van der Waals surface area contributed by atoms with Crippen molar-refractivity contribution in [3.8, 4) is 5.75 Å². The van der Waals surface area contributed by atoms with E-state index >= 15 is 0 Å². The highest BCUT2D eigenvalue weighted by molar-refractivity contribution is 7.18. The zero-order valence-corrected chi connectivity index (χ0v) is 16.3. The second kappa shape index (κ2) is 8.56. The topological polar surface area (TPSA) is 59.9 Å². The fraction of sp³-hybridized carbons (Fsp3) is 0.368. The van der Waals surface area contributed by atoms with E-state index in [9.17, 15) is 4.79 Å². The quantitative estimate of drug-likeness (QED) is 0.773. The van der Waals surface area contributed by atoms with Gasteiger partial charge in [-0.05, 0) is 50.1 Å². The third-order valence-electron chi connectivity index (χ3n) is 3.83. The van der Waals surface area contributed by atoms with Crippen molar-refractivity contribution in [1.82, 2.24) is 5.32 Å². The molecule has 3 rings (SSSR count). The van der Waals surface area contributed by atoms with Gasteiger partial charge in [0.2, 0.25) is 6.10 Å². The molecule has 0 radical (unpaired) electrons.